The van der Waals surface area contributed by atoms with Crippen molar-refractivity contribution in [3.05, 3.63) is 35.4 Å². The summed E-state index contributed by atoms with van der Waals surface area (Å²) in [6, 6.07) is 7.35. The van der Waals surface area contributed by atoms with Crippen LogP contribution < -0.4 is 10.6 Å². The lowest BCUT2D eigenvalue weighted by molar-refractivity contribution is 0.142. The van der Waals surface area contributed by atoms with E-state index in [1.807, 2.05) is 24.3 Å². The van der Waals surface area contributed by atoms with Crippen LogP contribution in [0.25, 0.3) is 0 Å². The third-order valence-electron chi connectivity index (χ3n) is 3.31. The molecule has 1 aliphatic rings. The number of carbonyl (C=O) groups is 1. The van der Waals surface area contributed by atoms with E-state index in [4.69, 9.17) is 0 Å². The molecule has 0 unspecified atom stereocenters. The molecule has 0 saturated heterocycles. The molecule has 0 saturated carbocycles. The Balaban J connectivity index is 1.95. The molecule has 3 N–H and O–H groups in total. The summed E-state index contributed by atoms with van der Waals surface area (Å²) >= 11 is 0. The van der Waals surface area contributed by atoms with Crippen LogP contribution in [0.1, 0.15) is 36.9 Å². The van der Waals surface area contributed by atoms with Crippen molar-refractivity contribution in [1.29, 1.82) is 0 Å². The average Bonchev–Trinajstić information content (AvgIpc) is 2.67. The zero-order valence-corrected chi connectivity index (χ0v) is 10.6. The van der Waals surface area contributed by atoms with Crippen LogP contribution in [0.3, 0.4) is 0 Å². The molecule has 0 heterocycles. The van der Waals surface area contributed by atoms with E-state index in [1.54, 1.807) is 0 Å². The summed E-state index contributed by atoms with van der Waals surface area (Å²) in [5, 5.41) is 15.6. The molecule has 0 aromatic heterocycles. The Morgan fingerprint density at radius 3 is 3.00 bits per heavy atom. The fraction of sp³-hybridized carbons (Fsp3) is 0.500. The van der Waals surface area contributed by atoms with E-state index in [9.17, 15) is 9.90 Å². The zero-order chi connectivity index (χ0) is 13.0. The van der Waals surface area contributed by atoms with E-state index >= 15 is 0 Å². The Morgan fingerprint density at radius 1 is 1.44 bits per heavy atom. The number of unbranched alkanes of at least 4 members (excludes halogenated alkanes) is 1. The van der Waals surface area contributed by atoms with E-state index in [1.165, 1.54) is 0 Å². The molecule has 0 spiro atoms. The van der Waals surface area contributed by atoms with Gasteiger partial charge in [-0.3, -0.25) is 0 Å². The van der Waals surface area contributed by atoms with E-state index in [0.717, 1.165) is 24.0 Å². The molecule has 0 fully saturated rings. The number of aliphatic hydroxyl groups excluding tert-OH is 1. The lowest BCUT2D eigenvalue weighted by Gasteiger charge is -2.18. The Labute approximate surface area is 107 Å². The van der Waals surface area contributed by atoms with Crippen LogP contribution in [-0.2, 0) is 6.42 Å². The first-order valence-electron chi connectivity index (χ1n) is 6.52. The van der Waals surface area contributed by atoms with Gasteiger partial charge in [0.1, 0.15) is 0 Å². The van der Waals surface area contributed by atoms with Crippen LogP contribution in [0.4, 0.5) is 4.79 Å². The minimum Gasteiger partial charge on any atom is -0.390 e. The molecule has 98 valence electrons. The molecule has 0 bridgehead atoms. The first-order valence-corrected chi connectivity index (χ1v) is 6.52. The number of urea groups is 1. The van der Waals surface area contributed by atoms with Crippen LogP contribution in [0.15, 0.2) is 24.3 Å². The van der Waals surface area contributed by atoms with Gasteiger partial charge in [-0.1, -0.05) is 37.6 Å². The number of hydrogen-bond donors (Lipinski definition) is 3. The molecule has 2 amide bonds. The van der Waals surface area contributed by atoms with Crippen molar-refractivity contribution in [1.82, 2.24) is 10.6 Å². The monoisotopic (exact) mass is 248 g/mol. The van der Waals surface area contributed by atoms with Gasteiger partial charge in [0.2, 0.25) is 0 Å². The normalized spacial score (nSPS) is 21.4. The first-order chi connectivity index (χ1) is 8.72. The van der Waals surface area contributed by atoms with Gasteiger partial charge in [0.15, 0.2) is 0 Å². The molecule has 1 aliphatic carbocycles. The number of amides is 2. The summed E-state index contributed by atoms with van der Waals surface area (Å²) in [7, 11) is 0. The van der Waals surface area contributed by atoms with Gasteiger partial charge >= 0.3 is 6.03 Å². The van der Waals surface area contributed by atoms with E-state index in [2.05, 4.69) is 17.6 Å². The van der Waals surface area contributed by atoms with Crippen molar-refractivity contribution < 1.29 is 9.90 Å². The summed E-state index contributed by atoms with van der Waals surface area (Å²) in [5.41, 5.74) is 2.14. The maximum absolute atomic E-state index is 11.7. The van der Waals surface area contributed by atoms with Crippen molar-refractivity contribution in [2.45, 2.75) is 38.3 Å². The van der Waals surface area contributed by atoms with E-state index in [-0.39, 0.29) is 12.1 Å². The highest BCUT2D eigenvalue weighted by atomic mass is 16.3. The second kappa shape index (κ2) is 5.87. The maximum Gasteiger partial charge on any atom is 0.315 e. The molecular formula is C14H20N2O2. The molecule has 4 nitrogen and oxygen atoms in total. The van der Waals surface area contributed by atoms with Crippen molar-refractivity contribution >= 4 is 6.03 Å². The molecule has 18 heavy (non-hydrogen) atoms. The van der Waals surface area contributed by atoms with Crippen LogP contribution in [-0.4, -0.2) is 23.8 Å². The van der Waals surface area contributed by atoms with Gasteiger partial charge in [-0.2, -0.15) is 0 Å². The molecule has 2 atom stereocenters. The lowest BCUT2D eigenvalue weighted by atomic mass is 10.1. The standard InChI is InChI=1S/C14H20N2O2/c1-2-3-8-15-14(18)16-13-11-7-5-4-6-10(11)9-12(13)17/h4-7,12-13,17H,2-3,8-9H2,1H3,(H2,15,16,18)/t12-,13+/m0/s1. The predicted molar refractivity (Wildman–Crippen MR) is 70.3 cm³/mol. The summed E-state index contributed by atoms with van der Waals surface area (Å²) in [4.78, 5) is 11.7. The van der Waals surface area contributed by atoms with Crippen LogP contribution in [0, 0.1) is 0 Å². The summed E-state index contributed by atoms with van der Waals surface area (Å²) < 4.78 is 0. The SMILES string of the molecule is CCCCNC(=O)N[C@@H]1c2ccccc2C[C@@H]1O. The number of aliphatic hydroxyl groups is 1. The van der Waals surface area contributed by atoms with Crippen LogP contribution in [0.2, 0.25) is 0 Å². The predicted octanol–water partition coefficient (Wildman–Crippen LogP) is 1.74. The fourth-order valence-corrected chi connectivity index (χ4v) is 2.32. The fourth-order valence-electron chi connectivity index (χ4n) is 2.32. The van der Waals surface area contributed by atoms with E-state index < -0.39 is 6.10 Å². The first kappa shape index (κ1) is 12.9. The van der Waals surface area contributed by atoms with Crippen LogP contribution in [0.5, 0.6) is 0 Å². The van der Waals surface area contributed by atoms with Crippen molar-refractivity contribution in [3.63, 3.8) is 0 Å². The summed E-state index contributed by atoms with van der Waals surface area (Å²) in [6.07, 6.45) is 2.10. The van der Waals surface area contributed by atoms with Gasteiger partial charge < -0.3 is 15.7 Å². The smallest absolute Gasteiger partial charge is 0.315 e. The second-order valence-electron chi connectivity index (χ2n) is 4.70. The lowest BCUT2D eigenvalue weighted by Crippen LogP contribution is -2.41. The Morgan fingerprint density at radius 2 is 2.22 bits per heavy atom. The summed E-state index contributed by atoms with van der Waals surface area (Å²) in [6.45, 7) is 2.75. The second-order valence-corrected chi connectivity index (χ2v) is 4.70. The highest BCUT2D eigenvalue weighted by Crippen LogP contribution is 2.30. The number of hydrogen-bond acceptors (Lipinski definition) is 2. The zero-order valence-electron chi connectivity index (χ0n) is 10.6. The largest absolute Gasteiger partial charge is 0.390 e. The molecule has 4 heteroatoms. The van der Waals surface area contributed by atoms with Gasteiger partial charge in [-0.05, 0) is 17.5 Å². The molecule has 2 rings (SSSR count). The van der Waals surface area contributed by atoms with Gasteiger partial charge in [0.25, 0.3) is 0 Å². The van der Waals surface area contributed by atoms with Gasteiger partial charge in [0.05, 0.1) is 12.1 Å². The maximum atomic E-state index is 11.7. The minimum atomic E-state index is -0.528. The average molecular weight is 248 g/mol. The Kier molecular flexibility index (Phi) is 4.20. The molecule has 0 aliphatic heterocycles. The van der Waals surface area contributed by atoms with Crippen molar-refractivity contribution in [2.24, 2.45) is 0 Å². The highest BCUT2D eigenvalue weighted by molar-refractivity contribution is 5.74. The molecule has 0 radical (unpaired) electrons. The number of benzene rings is 1. The van der Waals surface area contributed by atoms with Crippen molar-refractivity contribution in [2.75, 3.05) is 6.54 Å². The van der Waals surface area contributed by atoms with E-state index in [0.29, 0.717) is 13.0 Å². The highest BCUT2D eigenvalue weighted by Gasteiger charge is 2.31. The number of fused-ring (bicyclic) bond motifs is 1. The number of rotatable bonds is 4. The molecule has 1 aromatic carbocycles. The Bertz CT molecular complexity index is 420. The van der Waals surface area contributed by atoms with Crippen LogP contribution >= 0.6 is 0 Å². The topological polar surface area (TPSA) is 61.4 Å². The van der Waals surface area contributed by atoms with Gasteiger partial charge in [-0.25, -0.2) is 4.79 Å². The quantitative estimate of drug-likeness (QED) is 0.711. The Hall–Kier alpha value is -1.55. The van der Waals surface area contributed by atoms with Crippen molar-refractivity contribution in [3.8, 4) is 0 Å². The molecular weight excluding hydrogens is 228 g/mol. The summed E-state index contributed by atoms with van der Waals surface area (Å²) in [5.74, 6) is 0. The third kappa shape index (κ3) is 2.82. The minimum absolute atomic E-state index is 0.204. The van der Waals surface area contributed by atoms with Gasteiger partial charge in [0, 0.05) is 13.0 Å². The number of carbonyl (C=O) groups excluding carboxylic acids is 1. The van der Waals surface area contributed by atoms with Gasteiger partial charge in [-0.15, -0.1) is 0 Å². The molecule has 1 aromatic rings. The number of nitrogens with one attached hydrogen (secondary N) is 2. The third-order valence-corrected chi connectivity index (χ3v) is 3.31.